The first-order valence-corrected chi connectivity index (χ1v) is 11.4. The first kappa shape index (κ1) is 17.0. The van der Waals surface area contributed by atoms with Crippen LogP contribution < -0.4 is 4.74 Å². The highest BCUT2D eigenvalue weighted by atomic mass is 28.3. The van der Waals surface area contributed by atoms with E-state index < -0.39 is 8.07 Å². The predicted molar refractivity (Wildman–Crippen MR) is 91.2 cm³/mol. The molecule has 0 atom stereocenters. The molecule has 22 heavy (non-hydrogen) atoms. The van der Waals surface area contributed by atoms with E-state index in [1.54, 1.807) is 7.11 Å². The molecular formula is C16H26N2O3Si. The number of aromatic nitrogens is 2. The standard InChI is InChI=1S/C16H26N2O3Si/c1-19-7-8-21-15-5-6-16-14(11-15)12-18(17-16)13-20-9-10-22(2,3)4/h5-6,11-12H,7-10,13H2,1-4H3. The lowest BCUT2D eigenvalue weighted by molar-refractivity contribution is 0.0791. The number of nitrogens with zero attached hydrogens (tertiary/aromatic N) is 2. The van der Waals surface area contributed by atoms with Gasteiger partial charge < -0.3 is 14.2 Å². The lowest BCUT2D eigenvalue weighted by Crippen LogP contribution is -2.22. The molecule has 0 saturated carbocycles. The van der Waals surface area contributed by atoms with Crippen molar-refractivity contribution in [3.8, 4) is 5.75 Å². The molecule has 0 fully saturated rings. The first-order chi connectivity index (χ1) is 10.5. The molecule has 0 radical (unpaired) electrons. The van der Waals surface area contributed by atoms with Crippen LogP contribution in [0.4, 0.5) is 0 Å². The molecule has 5 nitrogen and oxygen atoms in total. The SMILES string of the molecule is COCCOc1ccc2nn(COCC[Si](C)(C)C)cc2c1. The summed E-state index contributed by atoms with van der Waals surface area (Å²) < 4.78 is 18.2. The predicted octanol–water partition coefficient (Wildman–Crippen LogP) is 3.37. The second-order valence-corrected chi connectivity index (χ2v) is 12.2. The van der Waals surface area contributed by atoms with Crippen molar-refractivity contribution in [2.24, 2.45) is 0 Å². The maximum atomic E-state index is 5.72. The van der Waals surface area contributed by atoms with Gasteiger partial charge in [0.15, 0.2) is 0 Å². The van der Waals surface area contributed by atoms with Gasteiger partial charge >= 0.3 is 0 Å². The fourth-order valence-electron chi connectivity index (χ4n) is 1.99. The van der Waals surface area contributed by atoms with Crippen molar-refractivity contribution >= 4 is 19.0 Å². The fourth-order valence-corrected chi connectivity index (χ4v) is 2.75. The third-order valence-corrected chi connectivity index (χ3v) is 5.00. The summed E-state index contributed by atoms with van der Waals surface area (Å²) in [5.74, 6) is 0.837. The van der Waals surface area contributed by atoms with Gasteiger partial charge in [-0.25, -0.2) is 4.68 Å². The zero-order valence-electron chi connectivity index (χ0n) is 14.0. The van der Waals surface area contributed by atoms with Crippen LogP contribution in [0.1, 0.15) is 0 Å². The van der Waals surface area contributed by atoms with Crippen molar-refractivity contribution in [2.75, 3.05) is 26.9 Å². The van der Waals surface area contributed by atoms with Crippen LogP contribution in [0.3, 0.4) is 0 Å². The molecule has 2 aromatic rings. The van der Waals surface area contributed by atoms with Gasteiger partial charge in [0.1, 0.15) is 19.1 Å². The monoisotopic (exact) mass is 322 g/mol. The van der Waals surface area contributed by atoms with Crippen molar-refractivity contribution in [3.63, 3.8) is 0 Å². The van der Waals surface area contributed by atoms with E-state index in [0.717, 1.165) is 23.3 Å². The van der Waals surface area contributed by atoms with Gasteiger partial charge in [-0.15, -0.1) is 0 Å². The number of methoxy groups -OCH3 is 1. The minimum Gasteiger partial charge on any atom is -0.491 e. The first-order valence-electron chi connectivity index (χ1n) is 7.65. The fraction of sp³-hybridized carbons (Fsp3) is 0.562. The number of hydrogen-bond acceptors (Lipinski definition) is 4. The highest BCUT2D eigenvalue weighted by Gasteiger charge is 2.12. The molecule has 0 spiro atoms. The minimum absolute atomic E-state index is 0.499. The Kier molecular flexibility index (Phi) is 5.99. The van der Waals surface area contributed by atoms with Crippen molar-refractivity contribution in [3.05, 3.63) is 24.4 Å². The van der Waals surface area contributed by atoms with Gasteiger partial charge in [-0.05, 0) is 24.2 Å². The smallest absolute Gasteiger partial charge is 0.139 e. The molecule has 6 heteroatoms. The minimum atomic E-state index is -1.03. The molecule has 1 heterocycles. The van der Waals surface area contributed by atoms with E-state index >= 15 is 0 Å². The van der Waals surface area contributed by atoms with Crippen LogP contribution in [0.25, 0.3) is 10.9 Å². The molecule has 0 N–H and O–H groups in total. The molecule has 0 bridgehead atoms. The second kappa shape index (κ2) is 7.76. The number of fused-ring (bicyclic) bond motifs is 1. The molecule has 0 saturated heterocycles. The van der Waals surface area contributed by atoms with E-state index in [-0.39, 0.29) is 0 Å². The van der Waals surface area contributed by atoms with Crippen molar-refractivity contribution in [2.45, 2.75) is 32.4 Å². The number of hydrogen-bond donors (Lipinski definition) is 0. The maximum absolute atomic E-state index is 5.72. The summed E-state index contributed by atoms with van der Waals surface area (Å²) in [6.45, 7) is 9.49. The van der Waals surface area contributed by atoms with Crippen LogP contribution in [-0.4, -0.2) is 44.8 Å². The Morgan fingerprint density at radius 3 is 2.68 bits per heavy atom. The molecule has 1 aromatic carbocycles. The van der Waals surface area contributed by atoms with Crippen LogP contribution in [0.15, 0.2) is 24.4 Å². The van der Waals surface area contributed by atoms with Gasteiger partial charge in [0.25, 0.3) is 0 Å². The Balaban J connectivity index is 1.89. The van der Waals surface area contributed by atoms with Crippen molar-refractivity contribution < 1.29 is 14.2 Å². The Bertz CT molecular complexity index is 593. The topological polar surface area (TPSA) is 45.5 Å². The summed E-state index contributed by atoms with van der Waals surface area (Å²) >= 11 is 0. The molecule has 2 rings (SSSR count). The number of rotatable bonds is 9. The van der Waals surface area contributed by atoms with Gasteiger partial charge in [-0.3, -0.25) is 0 Å². The van der Waals surface area contributed by atoms with Gasteiger partial charge in [-0.1, -0.05) is 19.6 Å². The summed E-state index contributed by atoms with van der Waals surface area (Å²) in [6.07, 6.45) is 1.99. The van der Waals surface area contributed by atoms with Crippen molar-refractivity contribution in [1.82, 2.24) is 9.78 Å². The Morgan fingerprint density at radius 1 is 1.14 bits per heavy atom. The maximum Gasteiger partial charge on any atom is 0.139 e. The quantitative estimate of drug-likeness (QED) is 0.524. The molecule has 0 aliphatic rings. The average Bonchev–Trinajstić information content (AvgIpc) is 2.85. The van der Waals surface area contributed by atoms with Gasteiger partial charge in [0, 0.05) is 33.4 Å². The Labute approximate surface area is 133 Å². The molecular weight excluding hydrogens is 296 g/mol. The third kappa shape index (κ3) is 5.44. The molecule has 122 valence electrons. The van der Waals surface area contributed by atoms with Crippen LogP contribution in [0.2, 0.25) is 25.7 Å². The van der Waals surface area contributed by atoms with E-state index in [2.05, 4.69) is 24.7 Å². The zero-order chi connectivity index (χ0) is 16.0. The van der Waals surface area contributed by atoms with Crippen molar-refractivity contribution in [1.29, 1.82) is 0 Å². The van der Waals surface area contributed by atoms with E-state index in [9.17, 15) is 0 Å². The summed E-state index contributed by atoms with van der Waals surface area (Å²) in [6, 6.07) is 7.07. The van der Waals surface area contributed by atoms with E-state index in [4.69, 9.17) is 14.2 Å². The molecule has 0 unspecified atom stereocenters. The normalized spacial score (nSPS) is 12.0. The molecule has 0 amide bonds. The lowest BCUT2D eigenvalue weighted by Gasteiger charge is -2.15. The summed E-state index contributed by atoms with van der Waals surface area (Å²) in [5.41, 5.74) is 0.952. The van der Waals surface area contributed by atoms with E-state index in [1.165, 1.54) is 6.04 Å². The third-order valence-electron chi connectivity index (χ3n) is 3.30. The highest BCUT2D eigenvalue weighted by molar-refractivity contribution is 6.76. The second-order valence-electron chi connectivity index (χ2n) is 6.58. The van der Waals surface area contributed by atoms with Gasteiger partial charge in [-0.2, -0.15) is 5.10 Å². The van der Waals surface area contributed by atoms with Gasteiger partial charge in [0.2, 0.25) is 0 Å². The molecule has 0 aliphatic carbocycles. The Hall–Kier alpha value is -1.37. The Morgan fingerprint density at radius 2 is 1.95 bits per heavy atom. The largest absolute Gasteiger partial charge is 0.491 e. The van der Waals surface area contributed by atoms with Crippen LogP contribution in [-0.2, 0) is 16.2 Å². The van der Waals surface area contributed by atoms with Crippen LogP contribution in [0, 0.1) is 0 Å². The number of benzene rings is 1. The summed E-state index contributed by atoms with van der Waals surface area (Å²) in [5, 5.41) is 5.57. The molecule has 0 aliphatic heterocycles. The van der Waals surface area contributed by atoms with Crippen LogP contribution >= 0.6 is 0 Å². The highest BCUT2D eigenvalue weighted by Crippen LogP contribution is 2.20. The zero-order valence-corrected chi connectivity index (χ0v) is 15.0. The van der Waals surface area contributed by atoms with E-state index in [1.807, 2.05) is 29.1 Å². The average molecular weight is 322 g/mol. The lowest BCUT2D eigenvalue weighted by atomic mass is 10.2. The summed E-state index contributed by atoms with van der Waals surface area (Å²) in [4.78, 5) is 0. The van der Waals surface area contributed by atoms with Crippen LogP contribution in [0.5, 0.6) is 5.75 Å². The molecule has 1 aromatic heterocycles. The summed E-state index contributed by atoms with van der Waals surface area (Å²) in [7, 11) is 0.633. The number of ether oxygens (including phenoxy) is 3. The van der Waals surface area contributed by atoms with Gasteiger partial charge in [0.05, 0.1) is 12.1 Å². The van der Waals surface area contributed by atoms with E-state index in [0.29, 0.717) is 19.9 Å².